The van der Waals surface area contributed by atoms with Crippen LogP contribution in [0.1, 0.15) is 27.8 Å². The van der Waals surface area contributed by atoms with E-state index in [4.69, 9.17) is 9.47 Å². The Kier molecular flexibility index (Phi) is 5.30. The minimum atomic E-state index is -0.763. The van der Waals surface area contributed by atoms with Crippen molar-refractivity contribution >= 4 is 22.5 Å². The second-order valence-corrected chi connectivity index (χ2v) is 5.78. The maximum absolute atomic E-state index is 12.4. The highest BCUT2D eigenvalue weighted by atomic mass is 16.5. The minimum Gasteiger partial charge on any atom is -0.494 e. The van der Waals surface area contributed by atoms with Gasteiger partial charge in [-0.25, -0.2) is 9.48 Å². The van der Waals surface area contributed by atoms with Crippen LogP contribution in [0.4, 0.5) is 0 Å². The van der Waals surface area contributed by atoms with E-state index >= 15 is 0 Å². The minimum absolute atomic E-state index is 0.00723. The number of carbonyl (C=O) groups excluding carboxylic acids is 2. The molecule has 0 aliphatic rings. The molecule has 0 radical (unpaired) electrons. The Hall–Kier alpha value is -3.48. The van der Waals surface area contributed by atoms with Crippen LogP contribution in [-0.4, -0.2) is 34.7 Å². The number of Topliss-reactive ketones (excluding diaryl/α,β-unsaturated/α-hetero) is 1. The van der Waals surface area contributed by atoms with E-state index in [1.807, 2.05) is 6.92 Å². The first-order valence-electron chi connectivity index (χ1n) is 8.40. The molecule has 0 aliphatic heterocycles. The molecule has 7 nitrogen and oxygen atoms in total. The monoisotopic (exact) mass is 366 g/mol. The van der Waals surface area contributed by atoms with Gasteiger partial charge in [0.25, 0.3) is 5.56 Å². The molecule has 0 amide bonds. The van der Waals surface area contributed by atoms with Gasteiger partial charge in [0.2, 0.25) is 0 Å². The SMILES string of the molecule is CCOc1ccc(C(=O)COC(=O)c2nn(C)c(=O)c3ccccc23)cc1. The fraction of sp³-hybridized carbons (Fsp3) is 0.200. The predicted octanol–water partition coefficient (Wildman–Crippen LogP) is 2.37. The molecule has 138 valence electrons. The summed E-state index contributed by atoms with van der Waals surface area (Å²) in [6, 6.07) is 13.2. The van der Waals surface area contributed by atoms with E-state index < -0.39 is 12.6 Å². The highest BCUT2D eigenvalue weighted by Crippen LogP contribution is 2.15. The zero-order valence-corrected chi connectivity index (χ0v) is 15.0. The number of hydrogen-bond acceptors (Lipinski definition) is 6. The molecule has 0 bridgehead atoms. The standard InChI is InChI=1S/C20H18N2O5/c1-3-26-14-10-8-13(9-11-14)17(23)12-27-20(25)18-15-6-4-5-7-16(15)19(24)22(2)21-18/h4-11H,3,12H2,1-2H3. The molecular weight excluding hydrogens is 348 g/mol. The highest BCUT2D eigenvalue weighted by Gasteiger charge is 2.18. The first-order chi connectivity index (χ1) is 13.0. The Bertz CT molecular complexity index is 1050. The summed E-state index contributed by atoms with van der Waals surface area (Å²) < 4.78 is 11.5. The molecule has 0 fully saturated rings. The van der Waals surface area contributed by atoms with Gasteiger partial charge in [-0.1, -0.05) is 18.2 Å². The van der Waals surface area contributed by atoms with Gasteiger partial charge in [0.1, 0.15) is 5.75 Å². The molecule has 0 unspecified atom stereocenters. The van der Waals surface area contributed by atoms with Gasteiger partial charge in [-0.3, -0.25) is 9.59 Å². The summed E-state index contributed by atoms with van der Waals surface area (Å²) in [5, 5.41) is 4.73. The lowest BCUT2D eigenvalue weighted by Gasteiger charge is -2.08. The summed E-state index contributed by atoms with van der Waals surface area (Å²) in [5.74, 6) is -0.450. The van der Waals surface area contributed by atoms with Crippen molar-refractivity contribution in [1.29, 1.82) is 0 Å². The summed E-state index contributed by atoms with van der Waals surface area (Å²) >= 11 is 0. The summed E-state index contributed by atoms with van der Waals surface area (Å²) in [6.45, 7) is 1.98. The van der Waals surface area contributed by atoms with Gasteiger partial charge in [0.05, 0.1) is 12.0 Å². The van der Waals surface area contributed by atoms with Gasteiger partial charge < -0.3 is 9.47 Å². The fourth-order valence-corrected chi connectivity index (χ4v) is 2.64. The van der Waals surface area contributed by atoms with Gasteiger partial charge in [-0.2, -0.15) is 5.10 Å². The van der Waals surface area contributed by atoms with Crippen LogP contribution in [0.25, 0.3) is 10.8 Å². The zero-order valence-electron chi connectivity index (χ0n) is 15.0. The molecule has 1 aromatic heterocycles. The van der Waals surface area contributed by atoms with E-state index in [0.717, 1.165) is 4.68 Å². The number of ketones is 1. The summed E-state index contributed by atoms with van der Waals surface area (Å²) in [7, 11) is 1.45. The number of hydrogen-bond donors (Lipinski definition) is 0. The third-order valence-electron chi connectivity index (χ3n) is 3.97. The van der Waals surface area contributed by atoms with Crippen LogP contribution in [0.15, 0.2) is 53.3 Å². The third kappa shape index (κ3) is 3.87. The van der Waals surface area contributed by atoms with E-state index in [-0.39, 0.29) is 17.0 Å². The number of rotatable bonds is 6. The molecule has 0 aliphatic carbocycles. The molecular formula is C20H18N2O5. The predicted molar refractivity (Wildman–Crippen MR) is 99.2 cm³/mol. The Balaban J connectivity index is 1.76. The summed E-state index contributed by atoms with van der Waals surface area (Å²) in [6.07, 6.45) is 0. The average Bonchev–Trinajstić information content (AvgIpc) is 2.69. The number of benzene rings is 2. The third-order valence-corrected chi connectivity index (χ3v) is 3.97. The fourth-order valence-electron chi connectivity index (χ4n) is 2.64. The maximum atomic E-state index is 12.4. The van der Waals surface area contributed by atoms with Crippen molar-refractivity contribution in [2.24, 2.45) is 7.05 Å². The van der Waals surface area contributed by atoms with Crippen LogP contribution in [0, 0.1) is 0 Å². The van der Waals surface area contributed by atoms with Gasteiger partial charge >= 0.3 is 5.97 Å². The number of ether oxygens (including phenoxy) is 2. The number of fused-ring (bicyclic) bond motifs is 1. The maximum Gasteiger partial charge on any atom is 0.359 e. The van der Waals surface area contributed by atoms with Crippen LogP contribution in [0.2, 0.25) is 0 Å². The van der Waals surface area contributed by atoms with Crippen LogP contribution < -0.4 is 10.3 Å². The van der Waals surface area contributed by atoms with E-state index in [1.54, 1.807) is 48.5 Å². The Labute approximate surface area is 155 Å². The van der Waals surface area contributed by atoms with E-state index in [2.05, 4.69) is 5.10 Å². The number of esters is 1. The quantitative estimate of drug-likeness (QED) is 0.492. The molecule has 3 rings (SSSR count). The molecule has 0 saturated heterocycles. The van der Waals surface area contributed by atoms with Gasteiger partial charge in [-0.05, 0) is 37.3 Å². The lowest BCUT2D eigenvalue weighted by atomic mass is 10.1. The van der Waals surface area contributed by atoms with Crippen LogP contribution in [0.3, 0.4) is 0 Å². The van der Waals surface area contributed by atoms with Gasteiger partial charge in [0.15, 0.2) is 18.1 Å². The molecule has 0 saturated carbocycles. The number of aromatic nitrogens is 2. The molecule has 0 spiro atoms. The van der Waals surface area contributed by atoms with Crippen molar-refractivity contribution in [1.82, 2.24) is 9.78 Å². The van der Waals surface area contributed by atoms with Crippen molar-refractivity contribution < 1.29 is 19.1 Å². The lowest BCUT2D eigenvalue weighted by Crippen LogP contribution is -2.24. The second-order valence-electron chi connectivity index (χ2n) is 5.78. The number of carbonyl (C=O) groups is 2. The van der Waals surface area contributed by atoms with Gasteiger partial charge in [-0.15, -0.1) is 0 Å². The second kappa shape index (κ2) is 7.82. The van der Waals surface area contributed by atoms with Gasteiger partial charge in [0, 0.05) is 18.0 Å². The molecule has 27 heavy (non-hydrogen) atoms. The zero-order chi connectivity index (χ0) is 19.4. The van der Waals surface area contributed by atoms with Crippen molar-refractivity contribution in [3.05, 3.63) is 70.1 Å². The number of nitrogens with zero attached hydrogens (tertiary/aromatic N) is 2. The van der Waals surface area contributed by atoms with Crippen molar-refractivity contribution in [2.45, 2.75) is 6.92 Å². The first-order valence-corrected chi connectivity index (χ1v) is 8.40. The average molecular weight is 366 g/mol. The molecule has 7 heteroatoms. The summed E-state index contributed by atoms with van der Waals surface area (Å²) in [4.78, 5) is 36.8. The lowest BCUT2D eigenvalue weighted by molar-refractivity contribution is 0.0469. The normalized spacial score (nSPS) is 10.6. The largest absolute Gasteiger partial charge is 0.494 e. The van der Waals surface area contributed by atoms with E-state index in [9.17, 15) is 14.4 Å². The Morgan fingerprint density at radius 1 is 1.04 bits per heavy atom. The molecule has 2 aromatic carbocycles. The Morgan fingerprint density at radius 2 is 1.70 bits per heavy atom. The topological polar surface area (TPSA) is 87.5 Å². The Morgan fingerprint density at radius 3 is 2.37 bits per heavy atom. The number of aryl methyl sites for hydroxylation is 1. The first kappa shape index (κ1) is 18.3. The highest BCUT2D eigenvalue weighted by molar-refractivity contribution is 6.04. The van der Waals surface area contributed by atoms with Crippen LogP contribution in [0.5, 0.6) is 5.75 Å². The van der Waals surface area contributed by atoms with E-state index in [0.29, 0.717) is 28.7 Å². The van der Waals surface area contributed by atoms with Crippen molar-refractivity contribution in [3.63, 3.8) is 0 Å². The smallest absolute Gasteiger partial charge is 0.359 e. The van der Waals surface area contributed by atoms with Crippen LogP contribution in [-0.2, 0) is 11.8 Å². The summed E-state index contributed by atoms with van der Waals surface area (Å²) in [5.41, 5.74) is 0.0874. The van der Waals surface area contributed by atoms with Crippen molar-refractivity contribution in [2.75, 3.05) is 13.2 Å². The molecule has 1 heterocycles. The molecule has 0 N–H and O–H groups in total. The van der Waals surface area contributed by atoms with Crippen molar-refractivity contribution in [3.8, 4) is 5.75 Å². The van der Waals surface area contributed by atoms with Crippen LogP contribution >= 0.6 is 0 Å². The molecule has 3 aromatic rings. The molecule has 0 atom stereocenters. The van der Waals surface area contributed by atoms with E-state index in [1.165, 1.54) is 7.05 Å².